The molecule has 0 unspecified atom stereocenters. The molecule has 0 aliphatic heterocycles. The van der Waals surface area contributed by atoms with E-state index in [2.05, 4.69) is 0 Å². The van der Waals surface area contributed by atoms with E-state index in [0.29, 0.717) is 0 Å². The minimum atomic E-state index is -1.02. The van der Waals surface area contributed by atoms with E-state index in [1.807, 2.05) is 24.3 Å². The van der Waals surface area contributed by atoms with Gasteiger partial charge in [0.15, 0.2) is 17.3 Å². The molecule has 4 heteroatoms. The zero-order chi connectivity index (χ0) is 14.7. The summed E-state index contributed by atoms with van der Waals surface area (Å²) < 4.78 is 5.08. The molecule has 0 atom stereocenters. The number of hydrogen-bond donors (Lipinski definition) is 0. The molecule has 1 aromatic rings. The van der Waals surface area contributed by atoms with Crippen molar-refractivity contribution in [1.82, 2.24) is 0 Å². The summed E-state index contributed by atoms with van der Waals surface area (Å²) in [4.78, 5) is 35.7. The van der Waals surface area contributed by atoms with Crippen LogP contribution in [0.25, 0.3) is 0 Å². The molecule has 1 saturated carbocycles. The zero-order valence-electron chi connectivity index (χ0n) is 11.7. The maximum absolute atomic E-state index is 12.0. The van der Waals surface area contributed by atoms with Crippen molar-refractivity contribution in [3.05, 3.63) is 29.8 Å². The van der Waals surface area contributed by atoms with Crippen LogP contribution in [0, 0.1) is 5.92 Å². The van der Waals surface area contributed by atoms with E-state index in [-0.39, 0.29) is 42.5 Å². The molecule has 0 N–H and O–H groups in total. The van der Waals surface area contributed by atoms with Crippen molar-refractivity contribution in [3.63, 3.8) is 0 Å². The Hall–Kier alpha value is -1.97. The predicted molar refractivity (Wildman–Crippen MR) is 73.8 cm³/mol. The fraction of sp³-hybridized carbons (Fsp3) is 0.438. The second-order valence-electron chi connectivity index (χ2n) is 5.06. The topological polar surface area (TPSA) is 60.4 Å². The smallest absolute Gasteiger partial charge is 0.151 e. The Labute approximate surface area is 118 Å². The molecule has 4 nitrogen and oxygen atoms in total. The Bertz CT molecular complexity index is 512. The minimum Gasteiger partial charge on any atom is -0.497 e. The van der Waals surface area contributed by atoms with Crippen LogP contribution in [0.4, 0.5) is 0 Å². The average Bonchev–Trinajstić information content (AvgIpc) is 2.46. The fourth-order valence-corrected chi connectivity index (χ4v) is 2.65. The second-order valence-corrected chi connectivity index (χ2v) is 5.06. The highest BCUT2D eigenvalue weighted by molar-refractivity contribution is 6.20. The third-order valence-electron chi connectivity index (χ3n) is 3.80. The molecular formula is C16H18O4. The van der Waals surface area contributed by atoms with Gasteiger partial charge in [-0.2, -0.15) is 0 Å². The van der Waals surface area contributed by atoms with Gasteiger partial charge in [-0.3, -0.25) is 14.4 Å². The van der Waals surface area contributed by atoms with Crippen molar-refractivity contribution < 1.29 is 19.1 Å². The lowest BCUT2D eigenvalue weighted by Gasteiger charge is -2.25. The summed E-state index contributed by atoms with van der Waals surface area (Å²) in [6.07, 6.45) is 0.748. The first-order valence-corrected chi connectivity index (χ1v) is 6.79. The first kappa shape index (κ1) is 14.4. The Kier molecular flexibility index (Phi) is 4.32. The van der Waals surface area contributed by atoms with Crippen molar-refractivity contribution >= 4 is 17.3 Å². The predicted octanol–water partition coefficient (Wildman–Crippen LogP) is 2.31. The van der Waals surface area contributed by atoms with Crippen LogP contribution in [0.5, 0.6) is 5.75 Å². The standard InChI is InChI=1S/C16H18O4/c1-3-13(17)16-14(18)8-11(9-15(16)19)10-4-6-12(20-2)7-5-10/h4-7,11,16H,3,8-9H2,1-2H3. The van der Waals surface area contributed by atoms with Gasteiger partial charge in [0.1, 0.15) is 11.7 Å². The normalized spacial score (nSPS) is 22.7. The van der Waals surface area contributed by atoms with Gasteiger partial charge in [0.2, 0.25) is 0 Å². The van der Waals surface area contributed by atoms with Crippen molar-refractivity contribution in [2.24, 2.45) is 5.92 Å². The van der Waals surface area contributed by atoms with Crippen molar-refractivity contribution in [2.75, 3.05) is 7.11 Å². The Morgan fingerprint density at radius 1 is 1.15 bits per heavy atom. The Morgan fingerprint density at radius 2 is 1.70 bits per heavy atom. The van der Waals surface area contributed by atoms with Crippen LogP contribution in [-0.4, -0.2) is 24.5 Å². The fourth-order valence-electron chi connectivity index (χ4n) is 2.65. The first-order valence-electron chi connectivity index (χ1n) is 6.79. The van der Waals surface area contributed by atoms with Crippen molar-refractivity contribution in [2.45, 2.75) is 32.1 Å². The molecule has 0 saturated heterocycles. The van der Waals surface area contributed by atoms with Crippen LogP contribution in [0.3, 0.4) is 0 Å². The molecule has 0 aromatic heterocycles. The first-order chi connectivity index (χ1) is 9.56. The maximum atomic E-state index is 12.0. The summed E-state index contributed by atoms with van der Waals surface area (Å²) in [5.74, 6) is -1.14. The number of ether oxygens (including phenoxy) is 1. The van der Waals surface area contributed by atoms with Crippen LogP contribution in [0.2, 0.25) is 0 Å². The molecule has 0 heterocycles. The largest absolute Gasteiger partial charge is 0.497 e. The molecule has 1 aromatic carbocycles. The highest BCUT2D eigenvalue weighted by Crippen LogP contribution is 2.33. The van der Waals surface area contributed by atoms with E-state index in [4.69, 9.17) is 4.74 Å². The van der Waals surface area contributed by atoms with Gasteiger partial charge in [-0.15, -0.1) is 0 Å². The van der Waals surface area contributed by atoms with Crippen LogP contribution in [-0.2, 0) is 14.4 Å². The number of ketones is 3. The molecule has 0 radical (unpaired) electrons. The molecule has 1 aliphatic carbocycles. The minimum absolute atomic E-state index is 0.123. The number of carbonyl (C=O) groups excluding carboxylic acids is 3. The monoisotopic (exact) mass is 274 g/mol. The van der Waals surface area contributed by atoms with Gasteiger partial charge in [0, 0.05) is 19.3 Å². The molecule has 20 heavy (non-hydrogen) atoms. The molecule has 1 fully saturated rings. The number of Topliss-reactive ketones (excluding diaryl/α,β-unsaturated/α-hetero) is 3. The van der Waals surface area contributed by atoms with Gasteiger partial charge in [-0.1, -0.05) is 19.1 Å². The van der Waals surface area contributed by atoms with Gasteiger partial charge in [-0.25, -0.2) is 0 Å². The summed E-state index contributed by atoms with van der Waals surface area (Å²) in [6, 6.07) is 7.36. The second kappa shape index (κ2) is 5.99. The lowest BCUT2D eigenvalue weighted by atomic mass is 9.75. The van der Waals surface area contributed by atoms with Crippen LogP contribution >= 0.6 is 0 Å². The molecule has 1 aliphatic rings. The zero-order valence-corrected chi connectivity index (χ0v) is 11.7. The summed E-state index contributed by atoms with van der Waals surface area (Å²) in [6.45, 7) is 1.68. The van der Waals surface area contributed by atoms with Crippen molar-refractivity contribution in [1.29, 1.82) is 0 Å². The molecule has 0 amide bonds. The Balaban J connectivity index is 2.15. The number of carbonyl (C=O) groups is 3. The van der Waals surface area contributed by atoms with Gasteiger partial charge in [0.05, 0.1) is 7.11 Å². The van der Waals surface area contributed by atoms with Gasteiger partial charge in [-0.05, 0) is 23.6 Å². The van der Waals surface area contributed by atoms with Crippen LogP contribution in [0.15, 0.2) is 24.3 Å². The number of methoxy groups -OCH3 is 1. The summed E-state index contributed by atoms with van der Waals surface area (Å²) in [5.41, 5.74) is 0.940. The summed E-state index contributed by atoms with van der Waals surface area (Å²) in [7, 11) is 1.59. The highest BCUT2D eigenvalue weighted by atomic mass is 16.5. The average molecular weight is 274 g/mol. The lowest BCUT2D eigenvalue weighted by Crippen LogP contribution is -2.37. The van der Waals surface area contributed by atoms with Gasteiger partial charge < -0.3 is 4.74 Å². The van der Waals surface area contributed by atoms with E-state index in [9.17, 15) is 14.4 Å². The molecule has 0 spiro atoms. The van der Waals surface area contributed by atoms with E-state index in [1.54, 1.807) is 14.0 Å². The molecular weight excluding hydrogens is 256 g/mol. The van der Waals surface area contributed by atoms with Crippen LogP contribution < -0.4 is 4.74 Å². The highest BCUT2D eigenvalue weighted by Gasteiger charge is 2.39. The third-order valence-corrected chi connectivity index (χ3v) is 3.80. The number of hydrogen-bond acceptors (Lipinski definition) is 4. The molecule has 106 valence electrons. The SMILES string of the molecule is CCC(=O)C1C(=O)CC(c2ccc(OC)cc2)CC1=O. The summed E-state index contributed by atoms with van der Waals surface area (Å²) >= 11 is 0. The third kappa shape index (κ3) is 2.79. The lowest BCUT2D eigenvalue weighted by molar-refractivity contribution is -0.142. The van der Waals surface area contributed by atoms with E-state index in [1.165, 1.54) is 0 Å². The van der Waals surface area contributed by atoms with Gasteiger partial charge >= 0.3 is 0 Å². The molecule has 0 bridgehead atoms. The van der Waals surface area contributed by atoms with E-state index < -0.39 is 5.92 Å². The summed E-state index contributed by atoms with van der Waals surface area (Å²) in [5, 5.41) is 0. The van der Waals surface area contributed by atoms with Crippen LogP contribution in [0.1, 0.15) is 37.7 Å². The quantitative estimate of drug-likeness (QED) is 0.790. The van der Waals surface area contributed by atoms with Gasteiger partial charge in [0.25, 0.3) is 0 Å². The maximum Gasteiger partial charge on any atom is 0.151 e. The van der Waals surface area contributed by atoms with Crippen molar-refractivity contribution in [3.8, 4) is 5.75 Å². The van der Waals surface area contributed by atoms with E-state index in [0.717, 1.165) is 11.3 Å². The number of benzene rings is 1. The Morgan fingerprint density at radius 3 is 2.15 bits per heavy atom. The molecule has 2 rings (SSSR count). The number of rotatable bonds is 4. The van der Waals surface area contributed by atoms with E-state index >= 15 is 0 Å².